The van der Waals surface area contributed by atoms with Gasteiger partial charge in [-0.05, 0) is 36.2 Å². The van der Waals surface area contributed by atoms with Gasteiger partial charge in [-0.1, -0.05) is 42.8 Å². The van der Waals surface area contributed by atoms with Crippen LogP contribution in [0.15, 0.2) is 48.5 Å². The topological polar surface area (TPSA) is 29.1 Å². The monoisotopic (exact) mass is 273 g/mol. The smallest absolute Gasteiger partial charge is 0.181 e. The number of ketones is 1. The summed E-state index contributed by atoms with van der Waals surface area (Å²) in [7, 11) is 0. The van der Waals surface area contributed by atoms with Gasteiger partial charge in [0.15, 0.2) is 5.78 Å². The number of anilines is 1. The Labute approximate surface area is 118 Å². The predicted octanol–water partition coefficient (Wildman–Crippen LogP) is 4.20. The highest BCUT2D eigenvalue weighted by Crippen LogP contribution is 2.13. The van der Waals surface area contributed by atoms with Crippen molar-refractivity contribution < 1.29 is 4.79 Å². The third-order valence-corrected chi connectivity index (χ3v) is 3.23. The average molecular weight is 274 g/mol. The van der Waals surface area contributed by atoms with Crippen LogP contribution in [0.25, 0.3) is 0 Å². The van der Waals surface area contributed by atoms with Gasteiger partial charge in [0.25, 0.3) is 0 Å². The van der Waals surface area contributed by atoms with Gasteiger partial charge in [-0.15, -0.1) is 0 Å². The first-order valence-corrected chi connectivity index (χ1v) is 6.68. The van der Waals surface area contributed by atoms with E-state index >= 15 is 0 Å². The molecule has 2 nitrogen and oxygen atoms in total. The number of hydrogen-bond donors (Lipinski definition) is 1. The minimum Gasteiger partial charge on any atom is -0.378 e. The zero-order chi connectivity index (χ0) is 13.7. The maximum absolute atomic E-state index is 12.0. The van der Waals surface area contributed by atoms with E-state index in [0.717, 1.165) is 17.7 Å². The van der Waals surface area contributed by atoms with E-state index in [-0.39, 0.29) is 12.3 Å². The van der Waals surface area contributed by atoms with Gasteiger partial charge in [-0.25, -0.2) is 0 Å². The Morgan fingerprint density at radius 1 is 1.05 bits per heavy atom. The van der Waals surface area contributed by atoms with Gasteiger partial charge >= 0.3 is 0 Å². The van der Waals surface area contributed by atoms with Crippen LogP contribution in [0.2, 0.25) is 5.02 Å². The minimum atomic E-state index is 0.0811. The molecule has 0 saturated carbocycles. The molecular weight excluding hydrogens is 258 g/mol. The van der Waals surface area contributed by atoms with E-state index in [1.54, 1.807) is 12.1 Å². The van der Waals surface area contributed by atoms with Crippen LogP contribution in [0.3, 0.4) is 0 Å². The number of Topliss-reactive ketones (excluding diaryl/α,β-unsaturated/α-hetero) is 1. The molecule has 0 saturated heterocycles. The molecule has 0 fully saturated rings. The van der Waals surface area contributed by atoms with Crippen molar-refractivity contribution in [1.29, 1.82) is 0 Å². The number of carbonyl (C=O) groups is 1. The number of halogens is 1. The van der Waals surface area contributed by atoms with Crippen LogP contribution < -0.4 is 5.32 Å². The average Bonchev–Trinajstić information content (AvgIpc) is 2.46. The number of nitrogens with one attached hydrogen (secondary N) is 1. The van der Waals surface area contributed by atoms with E-state index in [4.69, 9.17) is 11.6 Å². The molecule has 98 valence electrons. The summed E-state index contributed by atoms with van der Waals surface area (Å²) in [6.07, 6.45) is 0.984. The van der Waals surface area contributed by atoms with Crippen molar-refractivity contribution in [2.24, 2.45) is 0 Å². The van der Waals surface area contributed by atoms with Gasteiger partial charge in [0, 0.05) is 16.3 Å². The van der Waals surface area contributed by atoms with Gasteiger partial charge < -0.3 is 5.32 Å². The van der Waals surface area contributed by atoms with E-state index in [0.29, 0.717) is 5.02 Å². The third kappa shape index (κ3) is 3.83. The van der Waals surface area contributed by atoms with Gasteiger partial charge in [-0.3, -0.25) is 4.79 Å². The summed E-state index contributed by atoms with van der Waals surface area (Å²) in [5.74, 6) is 0.0811. The molecule has 0 spiro atoms. The van der Waals surface area contributed by atoms with Gasteiger partial charge in [0.05, 0.1) is 6.54 Å². The molecule has 2 rings (SSSR count). The van der Waals surface area contributed by atoms with Crippen LogP contribution in [0.5, 0.6) is 0 Å². The SMILES string of the molecule is CCc1ccc(C(=O)CNc2ccc(Cl)cc2)cc1. The van der Waals surface area contributed by atoms with Gasteiger partial charge in [0.2, 0.25) is 0 Å². The van der Waals surface area contributed by atoms with Crippen molar-refractivity contribution in [2.75, 3.05) is 11.9 Å². The summed E-state index contributed by atoms with van der Waals surface area (Å²) < 4.78 is 0. The fourth-order valence-corrected chi connectivity index (χ4v) is 1.90. The van der Waals surface area contributed by atoms with Crippen molar-refractivity contribution in [3.63, 3.8) is 0 Å². The molecule has 2 aromatic rings. The Morgan fingerprint density at radius 2 is 1.68 bits per heavy atom. The molecule has 19 heavy (non-hydrogen) atoms. The van der Waals surface area contributed by atoms with E-state index in [9.17, 15) is 4.79 Å². The van der Waals surface area contributed by atoms with Crippen LogP contribution in [0.4, 0.5) is 5.69 Å². The van der Waals surface area contributed by atoms with Crippen molar-refractivity contribution in [2.45, 2.75) is 13.3 Å². The normalized spacial score (nSPS) is 10.2. The number of aryl methyl sites for hydroxylation is 1. The van der Waals surface area contributed by atoms with E-state index in [1.807, 2.05) is 36.4 Å². The summed E-state index contributed by atoms with van der Waals surface area (Å²) in [5.41, 5.74) is 2.86. The highest BCUT2D eigenvalue weighted by atomic mass is 35.5. The van der Waals surface area contributed by atoms with Crippen LogP contribution in [-0.4, -0.2) is 12.3 Å². The second-order valence-corrected chi connectivity index (χ2v) is 4.77. The first-order chi connectivity index (χ1) is 9.19. The first kappa shape index (κ1) is 13.6. The standard InChI is InChI=1S/C16H16ClNO/c1-2-12-3-5-13(6-4-12)16(19)11-18-15-9-7-14(17)8-10-15/h3-10,18H,2,11H2,1H3. The molecule has 0 amide bonds. The maximum Gasteiger partial charge on any atom is 0.181 e. The van der Waals surface area contributed by atoms with Gasteiger partial charge in [-0.2, -0.15) is 0 Å². The zero-order valence-corrected chi connectivity index (χ0v) is 11.6. The fraction of sp³-hybridized carbons (Fsp3) is 0.188. The second kappa shape index (κ2) is 6.39. The highest BCUT2D eigenvalue weighted by molar-refractivity contribution is 6.30. The molecule has 0 aromatic heterocycles. The quantitative estimate of drug-likeness (QED) is 0.828. The van der Waals surface area contributed by atoms with Crippen molar-refractivity contribution in [3.8, 4) is 0 Å². The molecule has 0 heterocycles. The van der Waals surface area contributed by atoms with Crippen LogP contribution in [0, 0.1) is 0 Å². The molecule has 0 aliphatic rings. The van der Waals surface area contributed by atoms with Crippen molar-refractivity contribution in [3.05, 3.63) is 64.7 Å². The van der Waals surface area contributed by atoms with E-state index in [2.05, 4.69) is 12.2 Å². The molecule has 0 atom stereocenters. The van der Waals surface area contributed by atoms with E-state index in [1.165, 1.54) is 5.56 Å². The molecule has 0 bridgehead atoms. The highest BCUT2D eigenvalue weighted by Gasteiger charge is 2.05. The molecule has 0 aliphatic carbocycles. The molecule has 0 unspecified atom stereocenters. The van der Waals surface area contributed by atoms with Crippen molar-refractivity contribution >= 4 is 23.1 Å². The Balaban J connectivity index is 1.95. The number of benzene rings is 2. The summed E-state index contributed by atoms with van der Waals surface area (Å²) in [6, 6.07) is 15.1. The molecule has 1 N–H and O–H groups in total. The second-order valence-electron chi connectivity index (χ2n) is 4.33. The molecule has 2 aromatic carbocycles. The van der Waals surface area contributed by atoms with Crippen LogP contribution in [0.1, 0.15) is 22.8 Å². The molecule has 0 radical (unpaired) electrons. The zero-order valence-electron chi connectivity index (χ0n) is 10.8. The summed E-state index contributed by atoms with van der Waals surface area (Å²) in [6.45, 7) is 2.38. The van der Waals surface area contributed by atoms with Crippen LogP contribution in [-0.2, 0) is 6.42 Å². The lowest BCUT2D eigenvalue weighted by molar-refractivity contribution is 0.101. The Morgan fingerprint density at radius 3 is 2.26 bits per heavy atom. The first-order valence-electron chi connectivity index (χ1n) is 6.30. The lowest BCUT2D eigenvalue weighted by Gasteiger charge is -2.06. The lowest BCUT2D eigenvalue weighted by Crippen LogP contribution is -2.13. The maximum atomic E-state index is 12.0. The van der Waals surface area contributed by atoms with E-state index < -0.39 is 0 Å². The number of hydrogen-bond acceptors (Lipinski definition) is 2. The van der Waals surface area contributed by atoms with Crippen molar-refractivity contribution in [1.82, 2.24) is 0 Å². The Bertz CT molecular complexity index is 546. The molecule has 0 aliphatic heterocycles. The largest absolute Gasteiger partial charge is 0.378 e. The summed E-state index contributed by atoms with van der Waals surface area (Å²) >= 11 is 5.80. The van der Waals surface area contributed by atoms with Gasteiger partial charge in [0.1, 0.15) is 0 Å². The minimum absolute atomic E-state index is 0.0811. The lowest BCUT2D eigenvalue weighted by atomic mass is 10.1. The molecule has 3 heteroatoms. The number of carbonyl (C=O) groups excluding carboxylic acids is 1. The Kier molecular flexibility index (Phi) is 4.58. The summed E-state index contributed by atoms with van der Waals surface area (Å²) in [5, 5.41) is 3.78. The molecular formula is C16H16ClNO. The predicted molar refractivity (Wildman–Crippen MR) is 80.1 cm³/mol. The number of rotatable bonds is 5. The van der Waals surface area contributed by atoms with Crippen LogP contribution >= 0.6 is 11.6 Å². The third-order valence-electron chi connectivity index (χ3n) is 2.98. The fourth-order valence-electron chi connectivity index (χ4n) is 1.78. The summed E-state index contributed by atoms with van der Waals surface area (Å²) in [4.78, 5) is 12.0. The Hall–Kier alpha value is -1.80.